The maximum absolute atomic E-state index is 11.3. The second-order valence-electron chi connectivity index (χ2n) is 8.50. The predicted molar refractivity (Wildman–Crippen MR) is 120 cm³/mol. The van der Waals surface area contributed by atoms with Gasteiger partial charge >= 0.3 is 11.9 Å². The Morgan fingerprint density at radius 3 is 1.70 bits per heavy atom. The summed E-state index contributed by atoms with van der Waals surface area (Å²) in [7, 11) is 0. The van der Waals surface area contributed by atoms with Gasteiger partial charge < -0.3 is 14.6 Å². The molecular weight excluding hydrogens is 384 g/mol. The summed E-state index contributed by atoms with van der Waals surface area (Å²) in [5, 5.41) is 9.51. The van der Waals surface area contributed by atoms with Gasteiger partial charge in [-0.1, -0.05) is 59.8 Å². The highest BCUT2D eigenvalue weighted by molar-refractivity contribution is 5.95. The van der Waals surface area contributed by atoms with E-state index in [0.29, 0.717) is 37.9 Å². The number of aliphatic hydroxyl groups excluding tert-OH is 1. The Hall–Kier alpha value is -1.43. The molecule has 0 saturated carbocycles. The number of rotatable bonds is 16. The Labute approximate surface area is 184 Å². The molecule has 1 atom stereocenters. The van der Waals surface area contributed by atoms with Gasteiger partial charge in [-0.05, 0) is 38.5 Å². The molecule has 0 aliphatic heterocycles. The lowest BCUT2D eigenvalue weighted by Gasteiger charge is -2.10. The van der Waals surface area contributed by atoms with E-state index in [1.54, 1.807) is 13.8 Å². The van der Waals surface area contributed by atoms with E-state index < -0.39 is 12.1 Å². The quantitative estimate of drug-likeness (QED) is 0.204. The molecule has 0 aliphatic rings. The summed E-state index contributed by atoms with van der Waals surface area (Å²) in [4.78, 5) is 33.2. The highest BCUT2D eigenvalue weighted by atomic mass is 16.5. The van der Waals surface area contributed by atoms with E-state index in [1.165, 1.54) is 6.42 Å². The van der Waals surface area contributed by atoms with Crippen molar-refractivity contribution < 1.29 is 29.0 Å². The van der Waals surface area contributed by atoms with E-state index in [9.17, 15) is 19.5 Å². The fraction of sp³-hybridized carbons (Fsp3) is 0.875. The Balaban J connectivity index is 0. The molecule has 6 nitrogen and oxygen atoms in total. The molecule has 0 bridgehead atoms. The van der Waals surface area contributed by atoms with E-state index in [4.69, 9.17) is 9.47 Å². The van der Waals surface area contributed by atoms with Crippen LogP contribution in [-0.2, 0) is 23.9 Å². The van der Waals surface area contributed by atoms with Crippen molar-refractivity contribution in [3.8, 4) is 0 Å². The van der Waals surface area contributed by atoms with Crippen LogP contribution in [0.3, 0.4) is 0 Å². The summed E-state index contributed by atoms with van der Waals surface area (Å²) in [6.45, 7) is 13.0. The number of carbonyl (C=O) groups is 3. The molecule has 0 saturated heterocycles. The Morgan fingerprint density at radius 2 is 1.20 bits per heavy atom. The van der Waals surface area contributed by atoms with Gasteiger partial charge in [0.25, 0.3) is 0 Å². The van der Waals surface area contributed by atoms with Crippen molar-refractivity contribution in [3.63, 3.8) is 0 Å². The highest BCUT2D eigenvalue weighted by Gasteiger charge is 2.11. The average Bonchev–Trinajstić information content (AvgIpc) is 2.63. The number of ketones is 1. The van der Waals surface area contributed by atoms with E-state index >= 15 is 0 Å². The standard InChI is InChI=1S/C12H24O3.C12H22O3/c2*1-4-15-12(14)9-11(13)8-6-5-7-10(2)3/h10-11,13H,4-9H2,1-3H3;10H,4-9H2,1-3H3. The third-order valence-electron chi connectivity index (χ3n) is 4.41. The SMILES string of the molecule is CCOC(=O)CC(=O)CCCCC(C)C.CCOC(=O)CC(O)CCCCC(C)C. The van der Waals surface area contributed by atoms with Gasteiger partial charge in [0.1, 0.15) is 12.2 Å². The minimum Gasteiger partial charge on any atom is -0.466 e. The first-order valence-electron chi connectivity index (χ1n) is 11.6. The minimum absolute atomic E-state index is 0.00259. The molecule has 0 aromatic heterocycles. The summed E-state index contributed by atoms with van der Waals surface area (Å²) in [5.41, 5.74) is 0. The molecule has 30 heavy (non-hydrogen) atoms. The van der Waals surface area contributed by atoms with Gasteiger partial charge in [0.15, 0.2) is 0 Å². The molecule has 1 unspecified atom stereocenters. The molecule has 0 amide bonds. The third-order valence-corrected chi connectivity index (χ3v) is 4.41. The van der Waals surface area contributed by atoms with E-state index in [1.807, 2.05) is 0 Å². The number of esters is 2. The van der Waals surface area contributed by atoms with Crippen LogP contribution in [0.5, 0.6) is 0 Å². The molecule has 0 rings (SSSR count). The van der Waals surface area contributed by atoms with Crippen LogP contribution in [0, 0.1) is 11.8 Å². The van der Waals surface area contributed by atoms with Gasteiger partial charge in [0, 0.05) is 6.42 Å². The monoisotopic (exact) mass is 430 g/mol. The van der Waals surface area contributed by atoms with Crippen LogP contribution in [0.25, 0.3) is 0 Å². The molecule has 0 aromatic carbocycles. The molecule has 6 heteroatoms. The van der Waals surface area contributed by atoms with Crippen molar-refractivity contribution in [2.75, 3.05) is 13.2 Å². The van der Waals surface area contributed by atoms with E-state index in [-0.39, 0.29) is 24.6 Å². The van der Waals surface area contributed by atoms with Crippen molar-refractivity contribution in [2.24, 2.45) is 11.8 Å². The van der Waals surface area contributed by atoms with Crippen LogP contribution in [0.1, 0.15) is 106 Å². The second-order valence-corrected chi connectivity index (χ2v) is 8.50. The van der Waals surface area contributed by atoms with Gasteiger partial charge in [-0.2, -0.15) is 0 Å². The normalized spacial score (nSPS) is 11.6. The van der Waals surface area contributed by atoms with Gasteiger partial charge in [-0.3, -0.25) is 14.4 Å². The summed E-state index contributed by atoms with van der Waals surface area (Å²) >= 11 is 0. The summed E-state index contributed by atoms with van der Waals surface area (Å²) < 4.78 is 9.46. The van der Waals surface area contributed by atoms with Crippen molar-refractivity contribution in [3.05, 3.63) is 0 Å². The minimum atomic E-state index is -0.531. The molecule has 1 N–H and O–H groups in total. The fourth-order valence-electron chi connectivity index (χ4n) is 2.78. The number of aliphatic hydroxyl groups is 1. The first-order chi connectivity index (χ1) is 14.1. The lowest BCUT2D eigenvalue weighted by Crippen LogP contribution is -2.15. The van der Waals surface area contributed by atoms with Crippen LogP contribution in [0.15, 0.2) is 0 Å². The largest absolute Gasteiger partial charge is 0.466 e. The van der Waals surface area contributed by atoms with Gasteiger partial charge in [0.05, 0.1) is 25.7 Å². The molecule has 0 spiro atoms. The van der Waals surface area contributed by atoms with Crippen LogP contribution >= 0.6 is 0 Å². The zero-order valence-corrected chi connectivity index (χ0v) is 20.2. The third kappa shape index (κ3) is 24.6. The summed E-state index contributed by atoms with van der Waals surface area (Å²) in [5.74, 6) is 0.704. The smallest absolute Gasteiger partial charge is 0.313 e. The topological polar surface area (TPSA) is 89.9 Å². The fourth-order valence-corrected chi connectivity index (χ4v) is 2.78. The number of ether oxygens (including phenoxy) is 2. The average molecular weight is 431 g/mol. The number of unbranched alkanes of at least 4 members (excludes halogenated alkanes) is 2. The first-order valence-corrected chi connectivity index (χ1v) is 11.6. The number of hydrogen-bond acceptors (Lipinski definition) is 6. The summed E-state index contributed by atoms with van der Waals surface area (Å²) in [6.07, 6.45) is 7.14. The van der Waals surface area contributed by atoms with Crippen LogP contribution in [0.2, 0.25) is 0 Å². The van der Waals surface area contributed by atoms with Crippen molar-refractivity contribution in [1.82, 2.24) is 0 Å². The first kappa shape index (κ1) is 30.8. The Bertz CT molecular complexity index is 445. The summed E-state index contributed by atoms with van der Waals surface area (Å²) in [6, 6.07) is 0. The number of hydrogen-bond donors (Lipinski definition) is 1. The van der Waals surface area contributed by atoms with Crippen LogP contribution in [-0.4, -0.2) is 42.1 Å². The molecule has 178 valence electrons. The van der Waals surface area contributed by atoms with Crippen LogP contribution in [0.4, 0.5) is 0 Å². The number of carbonyl (C=O) groups excluding carboxylic acids is 3. The lowest BCUT2D eigenvalue weighted by molar-refractivity contribution is -0.146. The van der Waals surface area contributed by atoms with Crippen LogP contribution < -0.4 is 0 Å². The zero-order chi connectivity index (χ0) is 23.4. The molecule has 0 heterocycles. The molecule has 0 aliphatic carbocycles. The lowest BCUT2D eigenvalue weighted by atomic mass is 10.0. The Morgan fingerprint density at radius 1 is 0.733 bits per heavy atom. The number of Topliss-reactive ketones (excluding diaryl/α,β-unsaturated/α-hetero) is 1. The Kier molecular flexibility index (Phi) is 21.4. The molecule has 0 fully saturated rings. The second kappa shape index (κ2) is 20.8. The van der Waals surface area contributed by atoms with Gasteiger partial charge in [-0.25, -0.2) is 0 Å². The van der Waals surface area contributed by atoms with E-state index in [2.05, 4.69) is 27.7 Å². The van der Waals surface area contributed by atoms with E-state index in [0.717, 1.165) is 32.1 Å². The molecule has 0 aromatic rings. The maximum atomic E-state index is 11.3. The zero-order valence-electron chi connectivity index (χ0n) is 20.2. The molecular formula is C24H46O6. The predicted octanol–water partition coefficient (Wildman–Crippen LogP) is 5.24. The molecule has 0 radical (unpaired) electrons. The van der Waals surface area contributed by atoms with Crippen molar-refractivity contribution >= 4 is 17.7 Å². The van der Waals surface area contributed by atoms with Gasteiger partial charge in [-0.15, -0.1) is 0 Å². The van der Waals surface area contributed by atoms with Crippen molar-refractivity contribution in [1.29, 1.82) is 0 Å². The van der Waals surface area contributed by atoms with Gasteiger partial charge in [0.2, 0.25) is 0 Å². The highest BCUT2D eigenvalue weighted by Crippen LogP contribution is 2.11. The van der Waals surface area contributed by atoms with Crippen molar-refractivity contribution in [2.45, 2.75) is 112 Å². The maximum Gasteiger partial charge on any atom is 0.313 e.